The lowest BCUT2D eigenvalue weighted by Gasteiger charge is -2.37. The lowest BCUT2D eigenvalue weighted by Crippen LogP contribution is -2.50. The van der Waals surface area contributed by atoms with Gasteiger partial charge in [0.1, 0.15) is 5.60 Å². The number of unbranched alkanes of at least 4 members (excludes halogenated alkanes) is 4. The zero-order valence-corrected chi connectivity index (χ0v) is 21.3. The molecule has 0 saturated carbocycles. The Hall–Kier alpha value is -1.59. The van der Waals surface area contributed by atoms with Crippen LogP contribution in [0, 0.1) is 0 Å². The van der Waals surface area contributed by atoms with E-state index in [1.54, 1.807) is 0 Å². The molecule has 0 aliphatic carbocycles. The van der Waals surface area contributed by atoms with Crippen molar-refractivity contribution in [1.82, 2.24) is 9.97 Å². The fourth-order valence-corrected chi connectivity index (χ4v) is 7.26. The van der Waals surface area contributed by atoms with Crippen LogP contribution in [0.4, 0.5) is 0 Å². The fraction of sp³-hybridized carbons (Fsp3) is 0.654. The molecule has 4 nitrogen and oxygen atoms in total. The van der Waals surface area contributed by atoms with E-state index in [4.69, 9.17) is 4.74 Å². The standard InChI is InChI=1S/C26H42N2O2Si/c1-6-9-10-11-12-18-31(4,5)28-23(29)19-26(8-3)25-22(16-17-30-26)21-15-13-14-20(7-2)24(21)27-25/h13-15,27H,6-12,16-19H2,1-5H3,(H,28,29). The predicted octanol–water partition coefficient (Wildman–Crippen LogP) is 6.59. The lowest BCUT2D eigenvalue weighted by molar-refractivity contribution is -0.131. The van der Waals surface area contributed by atoms with Crippen LogP contribution in [0.3, 0.4) is 0 Å². The smallest absolute Gasteiger partial charge is 0.215 e. The minimum absolute atomic E-state index is 0.147. The van der Waals surface area contributed by atoms with Gasteiger partial charge in [0.05, 0.1) is 18.7 Å². The van der Waals surface area contributed by atoms with Crippen molar-refractivity contribution in [1.29, 1.82) is 0 Å². The number of H-pyrrole nitrogens is 1. The highest BCUT2D eigenvalue weighted by Gasteiger charge is 2.41. The number of hydrogen-bond acceptors (Lipinski definition) is 2. The van der Waals surface area contributed by atoms with E-state index < -0.39 is 13.8 Å². The van der Waals surface area contributed by atoms with Crippen molar-refractivity contribution in [3.8, 4) is 0 Å². The summed E-state index contributed by atoms with van der Waals surface area (Å²) in [6, 6.07) is 7.71. The van der Waals surface area contributed by atoms with Gasteiger partial charge in [0.2, 0.25) is 5.91 Å². The average Bonchev–Trinajstić information content (AvgIpc) is 3.13. The summed E-state index contributed by atoms with van der Waals surface area (Å²) >= 11 is 0. The summed E-state index contributed by atoms with van der Waals surface area (Å²) in [5, 5.41) is 1.30. The summed E-state index contributed by atoms with van der Waals surface area (Å²) in [4.78, 5) is 20.4. The maximum absolute atomic E-state index is 13.2. The van der Waals surface area contributed by atoms with E-state index in [1.165, 1.54) is 54.1 Å². The number of aromatic amines is 1. The molecular weight excluding hydrogens is 400 g/mol. The number of carbonyl (C=O) groups is 1. The zero-order chi connectivity index (χ0) is 22.5. The molecule has 0 radical (unpaired) electrons. The van der Waals surface area contributed by atoms with Crippen molar-refractivity contribution in [2.24, 2.45) is 0 Å². The number of hydrogen-bond donors (Lipinski definition) is 2. The first-order chi connectivity index (χ1) is 14.9. The van der Waals surface area contributed by atoms with E-state index in [0.29, 0.717) is 13.0 Å². The Bertz CT molecular complexity index is 889. The normalized spacial score (nSPS) is 18.9. The Balaban J connectivity index is 1.75. The molecule has 1 unspecified atom stereocenters. The van der Waals surface area contributed by atoms with Gasteiger partial charge in [-0.15, -0.1) is 0 Å². The van der Waals surface area contributed by atoms with Gasteiger partial charge in [0.25, 0.3) is 0 Å². The van der Waals surface area contributed by atoms with Crippen molar-refractivity contribution in [3.05, 3.63) is 35.0 Å². The Morgan fingerprint density at radius 1 is 1.16 bits per heavy atom. The SMILES string of the molecule is CCCCCCC[Si](C)(C)NC(=O)CC1(CC)OCCc2c1[nH]c1c(CC)cccc21. The van der Waals surface area contributed by atoms with Gasteiger partial charge in [-0.2, -0.15) is 0 Å². The molecule has 0 bridgehead atoms. The molecule has 2 N–H and O–H groups in total. The van der Waals surface area contributed by atoms with E-state index in [0.717, 1.165) is 31.0 Å². The Morgan fingerprint density at radius 3 is 2.65 bits per heavy atom. The maximum atomic E-state index is 13.2. The Kier molecular flexibility index (Phi) is 8.03. The summed E-state index contributed by atoms with van der Waals surface area (Å²) in [6.07, 6.45) is 9.49. The van der Waals surface area contributed by atoms with Crippen molar-refractivity contribution < 1.29 is 9.53 Å². The van der Waals surface area contributed by atoms with Crippen LogP contribution >= 0.6 is 0 Å². The van der Waals surface area contributed by atoms with E-state index in [9.17, 15) is 4.79 Å². The number of ether oxygens (including phenoxy) is 1. The van der Waals surface area contributed by atoms with Crippen LogP contribution < -0.4 is 4.98 Å². The van der Waals surface area contributed by atoms with Crippen LogP contribution in [0.5, 0.6) is 0 Å². The summed E-state index contributed by atoms with van der Waals surface area (Å²) < 4.78 is 6.38. The second kappa shape index (κ2) is 10.3. The van der Waals surface area contributed by atoms with Gasteiger partial charge in [0.15, 0.2) is 8.24 Å². The molecule has 5 heteroatoms. The molecule has 1 aromatic heterocycles. The molecule has 1 aliphatic heterocycles. The van der Waals surface area contributed by atoms with Crippen LogP contribution in [0.15, 0.2) is 18.2 Å². The third kappa shape index (κ3) is 5.43. The second-order valence-corrected chi connectivity index (χ2v) is 14.4. The zero-order valence-electron chi connectivity index (χ0n) is 20.3. The fourth-order valence-electron chi connectivity index (χ4n) is 5.16. The first-order valence-corrected chi connectivity index (χ1v) is 15.6. The summed E-state index contributed by atoms with van der Waals surface area (Å²) in [5.74, 6) is 0.147. The first kappa shape index (κ1) is 24.1. The summed E-state index contributed by atoms with van der Waals surface area (Å²) in [6.45, 7) is 11.8. The molecule has 1 atom stereocenters. The van der Waals surface area contributed by atoms with Crippen LogP contribution in [0.25, 0.3) is 10.9 Å². The number of aryl methyl sites for hydroxylation is 1. The molecule has 2 heterocycles. The van der Waals surface area contributed by atoms with E-state index in [-0.39, 0.29) is 5.91 Å². The molecule has 1 amide bonds. The van der Waals surface area contributed by atoms with Crippen LogP contribution in [-0.2, 0) is 28.0 Å². The monoisotopic (exact) mass is 442 g/mol. The number of benzene rings is 1. The van der Waals surface area contributed by atoms with Crippen LogP contribution in [0.2, 0.25) is 19.1 Å². The molecule has 2 aromatic rings. The number of para-hydroxylation sites is 1. The largest absolute Gasteiger partial charge is 0.382 e. The third-order valence-electron chi connectivity index (χ3n) is 6.99. The summed E-state index contributed by atoms with van der Waals surface area (Å²) in [7, 11) is -1.76. The number of nitrogens with one attached hydrogen (secondary N) is 2. The van der Waals surface area contributed by atoms with Gasteiger partial charge >= 0.3 is 0 Å². The highest BCUT2D eigenvalue weighted by molar-refractivity contribution is 6.77. The van der Waals surface area contributed by atoms with Crippen molar-refractivity contribution in [3.63, 3.8) is 0 Å². The summed E-state index contributed by atoms with van der Waals surface area (Å²) in [5.41, 5.74) is 4.48. The van der Waals surface area contributed by atoms with E-state index in [2.05, 4.69) is 62.0 Å². The Morgan fingerprint density at radius 2 is 1.94 bits per heavy atom. The van der Waals surface area contributed by atoms with Crippen molar-refractivity contribution >= 4 is 25.0 Å². The average molecular weight is 443 g/mol. The molecule has 0 fully saturated rings. The molecular formula is C26H42N2O2Si. The highest BCUT2D eigenvalue weighted by atomic mass is 28.3. The minimum atomic E-state index is -1.76. The molecule has 1 aliphatic rings. The number of amides is 1. The van der Waals surface area contributed by atoms with Gasteiger partial charge in [-0.05, 0) is 36.4 Å². The number of fused-ring (bicyclic) bond motifs is 3. The first-order valence-electron chi connectivity index (χ1n) is 12.4. The van der Waals surface area contributed by atoms with Crippen molar-refractivity contribution in [2.45, 2.75) is 103 Å². The van der Waals surface area contributed by atoms with Gasteiger partial charge in [-0.25, -0.2) is 0 Å². The van der Waals surface area contributed by atoms with Crippen LogP contribution in [-0.4, -0.2) is 25.7 Å². The molecule has 172 valence electrons. The topological polar surface area (TPSA) is 54.1 Å². The van der Waals surface area contributed by atoms with Gasteiger partial charge < -0.3 is 14.7 Å². The number of aromatic nitrogens is 1. The minimum Gasteiger partial charge on any atom is -0.382 e. The third-order valence-corrected chi connectivity index (χ3v) is 9.55. The van der Waals surface area contributed by atoms with E-state index >= 15 is 0 Å². The lowest BCUT2D eigenvalue weighted by atomic mass is 9.86. The maximum Gasteiger partial charge on any atom is 0.215 e. The molecule has 1 aromatic carbocycles. The van der Waals surface area contributed by atoms with E-state index in [1.807, 2.05) is 0 Å². The molecule has 0 spiro atoms. The van der Waals surface area contributed by atoms with Crippen molar-refractivity contribution in [2.75, 3.05) is 6.61 Å². The predicted molar refractivity (Wildman–Crippen MR) is 133 cm³/mol. The van der Waals surface area contributed by atoms with Crippen LogP contribution in [0.1, 0.15) is 82.5 Å². The second-order valence-electron chi connectivity index (χ2n) is 9.89. The molecule has 31 heavy (non-hydrogen) atoms. The number of rotatable bonds is 11. The Labute approximate surface area is 189 Å². The van der Waals surface area contributed by atoms with Gasteiger partial charge in [-0.1, -0.05) is 84.2 Å². The molecule has 0 saturated heterocycles. The van der Waals surface area contributed by atoms with Gasteiger partial charge in [-0.3, -0.25) is 4.79 Å². The number of carbonyl (C=O) groups excluding carboxylic acids is 1. The van der Waals surface area contributed by atoms with Gasteiger partial charge in [0, 0.05) is 10.9 Å². The quantitative estimate of drug-likeness (QED) is 0.305. The molecule has 3 rings (SSSR count). The highest BCUT2D eigenvalue weighted by Crippen LogP contribution is 2.42.